The van der Waals surface area contributed by atoms with E-state index in [1.807, 2.05) is 0 Å². The maximum absolute atomic E-state index is 15.8. The number of carbonyl (C=O) groups is 1. The minimum Gasteiger partial charge on any atom is -0.474 e. The number of likely N-dealkylation sites (tertiary alicyclic amines) is 1. The van der Waals surface area contributed by atoms with Crippen LogP contribution in [0, 0.1) is 6.92 Å². The topological polar surface area (TPSA) is 77.4 Å². The van der Waals surface area contributed by atoms with Crippen LogP contribution in [0.1, 0.15) is 69.2 Å². The lowest BCUT2D eigenvalue weighted by Gasteiger charge is -2.34. The molecule has 0 bridgehead atoms. The van der Waals surface area contributed by atoms with E-state index in [1.165, 1.54) is 19.2 Å². The van der Waals surface area contributed by atoms with Gasteiger partial charge in [-0.25, -0.2) is 24.1 Å². The normalized spacial score (nSPS) is 17.1. The molecule has 1 saturated heterocycles. The van der Waals surface area contributed by atoms with Crippen molar-refractivity contribution in [3.63, 3.8) is 0 Å². The summed E-state index contributed by atoms with van der Waals surface area (Å²) < 4.78 is 65.3. The number of hydrogen-bond donors (Lipinski definition) is 0. The molecule has 0 radical (unpaired) electrons. The first-order valence-corrected chi connectivity index (χ1v) is 11.3. The summed E-state index contributed by atoms with van der Waals surface area (Å²) in [6.45, 7) is 8.64. The lowest BCUT2D eigenvalue weighted by atomic mass is 9.86. The van der Waals surface area contributed by atoms with Crippen LogP contribution in [-0.2, 0) is 16.6 Å². The standard InChI is InChI=1S/C24H30F4N4O3/c1-15-29-13-17(23(5,25)14-34-19-8-6-7-18(31-19)24(26,27)28)20(30-15)16-9-11-32(12-10-16)21(33)35-22(2,3)4/h6-8,13,16H,9-12,14H2,1-5H3. The molecular formula is C24H30F4N4O3. The number of carbonyl (C=O) groups excluding carboxylic acids is 1. The molecule has 0 aromatic carbocycles. The molecule has 1 aliphatic heterocycles. The fourth-order valence-corrected chi connectivity index (χ4v) is 3.80. The highest BCUT2D eigenvalue weighted by Crippen LogP contribution is 2.36. The molecule has 11 heteroatoms. The molecule has 0 saturated carbocycles. The van der Waals surface area contributed by atoms with E-state index in [9.17, 15) is 18.0 Å². The van der Waals surface area contributed by atoms with Gasteiger partial charge in [-0.2, -0.15) is 13.2 Å². The Morgan fingerprint density at radius 2 is 1.74 bits per heavy atom. The van der Waals surface area contributed by atoms with Crippen molar-refractivity contribution in [2.45, 2.75) is 70.8 Å². The van der Waals surface area contributed by atoms with Gasteiger partial charge in [0.2, 0.25) is 5.88 Å². The average molecular weight is 499 g/mol. The molecular weight excluding hydrogens is 468 g/mol. The van der Waals surface area contributed by atoms with E-state index >= 15 is 4.39 Å². The Morgan fingerprint density at radius 3 is 2.34 bits per heavy atom. The van der Waals surface area contributed by atoms with E-state index < -0.39 is 35.8 Å². The molecule has 2 aromatic heterocycles. The first-order valence-electron chi connectivity index (χ1n) is 11.3. The summed E-state index contributed by atoms with van der Waals surface area (Å²) >= 11 is 0. The first-order chi connectivity index (χ1) is 16.2. The average Bonchev–Trinajstić information content (AvgIpc) is 2.76. The summed E-state index contributed by atoms with van der Waals surface area (Å²) in [6, 6.07) is 3.21. The van der Waals surface area contributed by atoms with Gasteiger partial charge in [0.25, 0.3) is 0 Å². The monoisotopic (exact) mass is 498 g/mol. The minimum absolute atomic E-state index is 0.132. The zero-order valence-corrected chi connectivity index (χ0v) is 20.4. The third-order valence-electron chi connectivity index (χ3n) is 5.54. The summed E-state index contributed by atoms with van der Waals surface area (Å²) in [7, 11) is 0. The van der Waals surface area contributed by atoms with E-state index in [2.05, 4.69) is 15.0 Å². The number of hydrogen-bond acceptors (Lipinski definition) is 6. The molecule has 7 nitrogen and oxygen atoms in total. The molecule has 2 aromatic rings. The van der Waals surface area contributed by atoms with Crippen LogP contribution in [0.25, 0.3) is 0 Å². The molecule has 3 rings (SSSR count). The van der Waals surface area contributed by atoms with Crippen molar-refractivity contribution < 1.29 is 31.8 Å². The number of halogens is 4. The van der Waals surface area contributed by atoms with Gasteiger partial charge in [-0.1, -0.05) is 6.07 Å². The van der Waals surface area contributed by atoms with Gasteiger partial charge in [0, 0.05) is 36.8 Å². The highest BCUT2D eigenvalue weighted by Gasteiger charge is 2.37. The molecule has 0 aliphatic carbocycles. The SMILES string of the molecule is Cc1ncc(C(C)(F)COc2cccc(C(F)(F)F)n2)c(C2CCN(C(=O)OC(C)(C)C)CC2)n1. The molecule has 1 unspecified atom stereocenters. The highest BCUT2D eigenvalue weighted by molar-refractivity contribution is 5.68. The molecule has 192 valence electrons. The van der Waals surface area contributed by atoms with Crippen molar-refractivity contribution in [3.05, 3.63) is 47.2 Å². The number of rotatable bonds is 5. The third-order valence-corrected chi connectivity index (χ3v) is 5.54. The molecule has 1 atom stereocenters. The second kappa shape index (κ2) is 9.94. The molecule has 1 fully saturated rings. The van der Waals surface area contributed by atoms with Gasteiger partial charge in [0.1, 0.15) is 23.7 Å². The van der Waals surface area contributed by atoms with Crippen LogP contribution in [0.3, 0.4) is 0 Å². The lowest BCUT2D eigenvalue weighted by Crippen LogP contribution is -2.41. The largest absolute Gasteiger partial charge is 0.474 e. The van der Waals surface area contributed by atoms with Crippen molar-refractivity contribution in [2.75, 3.05) is 19.7 Å². The Balaban J connectivity index is 1.74. The van der Waals surface area contributed by atoms with Gasteiger partial charge < -0.3 is 14.4 Å². The van der Waals surface area contributed by atoms with Gasteiger partial charge in [-0.15, -0.1) is 0 Å². The number of ether oxygens (including phenoxy) is 2. The zero-order valence-electron chi connectivity index (χ0n) is 20.4. The number of amides is 1. The fourth-order valence-electron chi connectivity index (χ4n) is 3.80. The number of alkyl halides is 4. The van der Waals surface area contributed by atoms with E-state index in [-0.39, 0.29) is 17.4 Å². The minimum atomic E-state index is -4.63. The van der Waals surface area contributed by atoms with Gasteiger partial charge >= 0.3 is 12.3 Å². The molecule has 3 heterocycles. The van der Waals surface area contributed by atoms with Crippen molar-refractivity contribution in [2.24, 2.45) is 0 Å². The van der Waals surface area contributed by atoms with Crippen LogP contribution in [0.2, 0.25) is 0 Å². The van der Waals surface area contributed by atoms with E-state index in [0.717, 1.165) is 12.1 Å². The molecule has 0 N–H and O–H groups in total. The summed E-state index contributed by atoms with van der Waals surface area (Å²) in [5.74, 6) is 0.00526. The Morgan fingerprint density at radius 1 is 1.09 bits per heavy atom. The second-order valence-electron chi connectivity index (χ2n) is 9.80. The van der Waals surface area contributed by atoms with Gasteiger partial charge in [-0.3, -0.25) is 0 Å². The number of aromatic nitrogens is 3. The van der Waals surface area contributed by atoms with Crippen molar-refractivity contribution in [1.29, 1.82) is 0 Å². The van der Waals surface area contributed by atoms with Gasteiger partial charge in [-0.05, 0) is 53.5 Å². The Kier molecular flexibility index (Phi) is 7.56. The molecule has 1 amide bonds. The number of pyridine rings is 1. The molecule has 0 spiro atoms. The smallest absolute Gasteiger partial charge is 0.433 e. The molecule has 1 aliphatic rings. The van der Waals surface area contributed by atoms with Crippen LogP contribution in [0.5, 0.6) is 5.88 Å². The quantitative estimate of drug-likeness (QED) is 0.501. The first kappa shape index (κ1) is 26.6. The van der Waals surface area contributed by atoms with E-state index in [0.29, 0.717) is 37.4 Å². The molecule has 35 heavy (non-hydrogen) atoms. The maximum Gasteiger partial charge on any atom is 0.433 e. The number of nitrogens with zero attached hydrogens (tertiary/aromatic N) is 4. The second-order valence-corrected chi connectivity index (χ2v) is 9.80. The van der Waals surface area contributed by atoms with Gasteiger partial charge in [0.15, 0.2) is 5.67 Å². The Labute approximate surface area is 201 Å². The van der Waals surface area contributed by atoms with Crippen molar-refractivity contribution in [1.82, 2.24) is 19.9 Å². The zero-order chi connectivity index (χ0) is 26.0. The Hall–Kier alpha value is -2.98. The summed E-state index contributed by atoms with van der Waals surface area (Å²) in [4.78, 5) is 26.0. The van der Waals surface area contributed by atoms with E-state index in [1.54, 1.807) is 32.6 Å². The maximum atomic E-state index is 15.8. The third kappa shape index (κ3) is 7.02. The van der Waals surface area contributed by atoms with Crippen LogP contribution in [0.4, 0.5) is 22.4 Å². The summed E-state index contributed by atoms with van der Waals surface area (Å²) in [5, 5.41) is 0. The lowest BCUT2D eigenvalue weighted by molar-refractivity contribution is -0.141. The van der Waals surface area contributed by atoms with Crippen LogP contribution >= 0.6 is 0 Å². The van der Waals surface area contributed by atoms with Crippen LogP contribution in [-0.4, -0.2) is 51.2 Å². The highest BCUT2D eigenvalue weighted by atomic mass is 19.4. The van der Waals surface area contributed by atoms with Crippen molar-refractivity contribution >= 4 is 6.09 Å². The van der Waals surface area contributed by atoms with Crippen LogP contribution in [0.15, 0.2) is 24.4 Å². The predicted molar refractivity (Wildman–Crippen MR) is 120 cm³/mol. The van der Waals surface area contributed by atoms with Gasteiger partial charge in [0.05, 0.1) is 5.69 Å². The van der Waals surface area contributed by atoms with Crippen LogP contribution < -0.4 is 4.74 Å². The Bertz CT molecular complexity index is 1050. The summed E-state index contributed by atoms with van der Waals surface area (Å²) in [5.41, 5.74) is -3.11. The number of aryl methyl sites for hydroxylation is 1. The van der Waals surface area contributed by atoms with E-state index in [4.69, 9.17) is 9.47 Å². The number of piperidine rings is 1. The summed E-state index contributed by atoms with van der Waals surface area (Å²) in [6.07, 6.45) is -2.54. The van der Waals surface area contributed by atoms with Crippen molar-refractivity contribution in [3.8, 4) is 5.88 Å². The predicted octanol–water partition coefficient (Wildman–Crippen LogP) is 5.58. The fraction of sp³-hybridized carbons (Fsp3) is 0.583.